The summed E-state index contributed by atoms with van der Waals surface area (Å²) >= 11 is 0. The third kappa shape index (κ3) is 3.82. The number of carbonyl (C=O) groups excluding carboxylic acids is 1. The maximum atomic E-state index is 13.0. The first-order valence-corrected chi connectivity index (χ1v) is 10.6. The molecule has 156 valence electrons. The summed E-state index contributed by atoms with van der Waals surface area (Å²) < 4.78 is 22.7. The van der Waals surface area contributed by atoms with E-state index in [0.29, 0.717) is 26.4 Å². The van der Waals surface area contributed by atoms with Gasteiger partial charge in [0.1, 0.15) is 13.2 Å². The van der Waals surface area contributed by atoms with Crippen molar-refractivity contribution in [3.05, 3.63) is 53.6 Å². The molecular weight excluding hydrogens is 382 g/mol. The Morgan fingerprint density at radius 2 is 1.53 bits per heavy atom. The maximum Gasteiger partial charge on any atom is 0.247 e. The Labute approximate surface area is 176 Å². The first-order chi connectivity index (χ1) is 14.8. The summed E-state index contributed by atoms with van der Waals surface area (Å²) in [5, 5.41) is 0. The van der Waals surface area contributed by atoms with Crippen LogP contribution in [0.2, 0.25) is 0 Å². The molecule has 2 aromatic carbocycles. The molecule has 2 aromatic rings. The molecule has 1 fully saturated rings. The average Bonchev–Trinajstić information content (AvgIpc) is 3.16. The number of hydrogen-bond donors (Lipinski definition) is 0. The van der Waals surface area contributed by atoms with E-state index in [9.17, 15) is 4.79 Å². The van der Waals surface area contributed by atoms with Gasteiger partial charge in [0.05, 0.1) is 19.3 Å². The van der Waals surface area contributed by atoms with Crippen LogP contribution in [0.5, 0.6) is 23.0 Å². The highest BCUT2D eigenvalue weighted by atomic mass is 16.6. The van der Waals surface area contributed by atoms with Crippen molar-refractivity contribution in [1.29, 1.82) is 0 Å². The van der Waals surface area contributed by atoms with E-state index in [1.165, 1.54) is 0 Å². The molecule has 30 heavy (non-hydrogen) atoms. The van der Waals surface area contributed by atoms with Crippen molar-refractivity contribution in [3.8, 4) is 23.0 Å². The molecule has 0 bridgehead atoms. The van der Waals surface area contributed by atoms with Crippen molar-refractivity contribution < 1.29 is 23.7 Å². The largest absolute Gasteiger partial charge is 0.490 e. The van der Waals surface area contributed by atoms with Gasteiger partial charge in [-0.1, -0.05) is 12.1 Å². The Balaban J connectivity index is 1.31. The van der Waals surface area contributed by atoms with Crippen LogP contribution in [0.1, 0.15) is 36.4 Å². The van der Waals surface area contributed by atoms with Gasteiger partial charge in [-0.25, -0.2) is 0 Å². The molecule has 0 spiro atoms. The van der Waals surface area contributed by atoms with Crippen LogP contribution in [0.15, 0.2) is 42.5 Å². The monoisotopic (exact) mass is 407 g/mol. The topological polar surface area (TPSA) is 57.2 Å². The lowest BCUT2D eigenvalue weighted by Crippen LogP contribution is -2.29. The summed E-state index contributed by atoms with van der Waals surface area (Å²) in [6.45, 7) is 3.19. The minimum atomic E-state index is 0.0134. The van der Waals surface area contributed by atoms with Gasteiger partial charge in [0.15, 0.2) is 23.0 Å². The molecule has 6 nitrogen and oxygen atoms in total. The number of fused-ring (bicyclic) bond motifs is 2. The highest BCUT2D eigenvalue weighted by Gasteiger charge is 2.29. The number of ether oxygens (including phenoxy) is 4. The number of nitrogens with zero attached hydrogens (tertiary/aromatic N) is 1. The van der Waals surface area contributed by atoms with Crippen LogP contribution < -0.4 is 18.9 Å². The van der Waals surface area contributed by atoms with Crippen LogP contribution in [0.3, 0.4) is 0 Å². The molecule has 3 heterocycles. The summed E-state index contributed by atoms with van der Waals surface area (Å²) in [4.78, 5) is 14.9. The van der Waals surface area contributed by atoms with Crippen LogP contribution in [-0.4, -0.2) is 43.8 Å². The van der Waals surface area contributed by atoms with Crippen molar-refractivity contribution in [2.75, 3.05) is 33.0 Å². The van der Waals surface area contributed by atoms with Gasteiger partial charge >= 0.3 is 0 Å². The molecule has 6 heteroatoms. The highest BCUT2D eigenvalue weighted by molar-refractivity contribution is 5.92. The number of hydrogen-bond acceptors (Lipinski definition) is 5. The van der Waals surface area contributed by atoms with Crippen molar-refractivity contribution in [2.24, 2.45) is 0 Å². The Bertz CT molecular complexity index is 970. The van der Waals surface area contributed by atoms with E-state index in [4.69, 9.17) is 18.9 Å². The first kappa shape index (κ1) is 18.9. The summed E-state index contributed by atoms with van der Waals surface area (Å²) in [5.41, 5.74) is 2.01. The third-order valence-electron chi connectivity index (χ3n) is 5.68. The average molecular weight is 407 g/mol. The fourth-order valence-corrected chi connectivity index (χ4v) is 4.19. The second kappa shape index (κ2) is 8.30. The fraction of sp³-hybridized carbons (Fsp3) is 0.375. The molecule has 0 aromatic heterocycles. The molecule has 5 rings (SSSR count). The van der Waals surface area contributed by atoms with E-state index in [-0.39, 0.29) is 11.9 Å². The number of carbonyl (C=O) groups is 1. The van der Waals surface area contributed by atoms with E-state index >= 15 is 0 Å². The Morgan fingerprint density at radius 1 is 0.833 bits per heavy atom. The smallest absolute Gasteiger partial charge is 0.247 e. The van der Waals surface area contributed by atoms with E-state index in [2.05, 4.69) is 0 Å². The molecule has 1 atom stereocenters. The van der Waals surface area contributed by atoms with E-state index in [1.54, 1.807) is 6.08 Å². The van der Waals surface area contributed by atoms with Crippen molar-refractivity contribution >= 4 is 12.0 Å². The van der Waals surface area contributed by atoms with Crippen molar-refractivity contribution in [3.63, 3.8) is 0 Å². The zero-order valence-corrected chi connectivity index (χ0v) is 16.8. The molecule has 1 unspecified atom stereocenters. The molecule has 0 N–H and O–H groups in total. The lowest BCUT2D eigenvalue weighted by molar-refractivity contribution is -0.126. The summed E-state index contributed by atoms with van der Waals surface area (Å²) in [6, 6.07) is 11.8. The standard InChI is InChI=1S/C24H25NO5/c26-24(9-5-17-4-7-20-22(15-17)28-12-2-11-27-20)25-10-1-3-19(25)18-6-8-21-23(16-18)30-14-13-29-21/h4-9,15-16,19H,1-3,10-14H2/b9-5+. The van der Waals surface area contributed by atoms with Crippen LogP contribution >= 0.6 is 0 Å². The van der Waals surface area contributed by atoms with Crippen molar-refractivity contribution in [1.82, 2.24) is 4.90 Å². The minimum Gasteiger partial charge on any atom is -0.490 e. The van der Waals surface area contributed by atoms with Gasteiger partial charge in [0.25, 0.3) is 0 Å². The quantitative estimate of drug-likeness (QED) is 0.720. The second-order valence-corrected chi connectivity index (χ2v) is 7.68. The van der Waals surface area contributed by atoms with Gasteiger partial charge in [-0.05, 0) is 54.3 Å². The van der Waals surface area contributed by atoms with Crippen LogP contribution in [0.4, 0.5) is 0 Å². The molecule has 1 saturated heterocycles. The van der Waals surface area contributed by atoms with Crippen molar-refractivity contribution in [2.45, 2.75) is 25.3 Å². The van der Waals surface area contributed by atoms with Crippen LogP contribution in [0.25, 0.3) is 6.08 Å². The predicted octanol–water partition coefficient (Wildman–Crippen LogP) is 4.00. The Hall–Kier alpha value is -3.15. The number of benzene rings is 2. The van der Waals surface area contributed by atoms with E-state index in [1.807, 2.05) is 47.4 Å². The zero-order valence-electron chi connectivity index (χ0n) is 16.8. The summed E-state index contributed by atoms with van der Waals surface area (Å²) in [7, 11) is 0. The van der Waals surface area contributed by atoms with E-state index in [0.717, 1.165) is 59.9 Å². The van der Waals surface area contributed by atoms with Gasteiger partial charge in [-0.15, -0.1) is 0 Å². The summed E-state index contributed by atoms with van der Waals surface area (Å²) in [5.74, 6) is 3.04. The lowest BCUT2D eigenvalue weighted by Gasteiger charge is -2.26. The number of amides is 1. The molecule has 0 saturated carbocycles. The fourth-order valence-electron chi connectivity index (χ4n) is 4.19. The van der Waals surface area contributed by atoms with Gasteiger partial charge in [-0.3, -0.25) is 4.79 Å². The minimum absolute atomic E-state index is 0.0134. The maximum absolute atomic E-state index is 13.0. The van der Waals surface area contributed by atoms with Gasteiger partial charge in [0, 0.05) is 19.0 Å². The van der Waals surface area contributed by atoms with Crippen LogP contribution in [0, 0.1) is 0 Å². The van der Waals surface area contributed by atoms with Crippen LogP contribution in [-0.2, 0) is 4.79 Å². The number of rotatable bonds is 3. The van der Waals surface area contributed by atoms with E-state index < -0.39 is 0 Å². The van der Waals surface area contributed by atoms with Gasteiger partial charge in [0.2, 0.25) is 5.91 Å². The molecule has 1 amide bonds. The Kier molecular flexibility index (Phi) is 5.22. The normalized spacial score (nSPS) is 20.3. The van der Waals surface area contributed by atoms with Gasteiger partial charge < -0.3 is 23.8 Å². The third-order valence-corrected chi connectivity index (χ3v) is 5.68. The molecule has 0 radical (unpaired) electrons. The highest BCUT2D eigenvalue weighted by Crippen LogP contribution is 2.38. The molecule has 0 aliphatic carbocycles. The predicted molar refractivity (Wildman–Crippen MR) is 112 cm³/mol. The zero-order chi connectivity index (χ0) is 20.3. The molecular formula is C24H25NO5. The van der Waals surface area contributed by atoms with Gasteiger partial charge in [-0.2, -0.15) is 0 Å². The second-order valence-electron chi connectivity index (χ2n) is 7.68. The summed E-state index contributed by atoms with van der Waals surface area (Å²) in [6.07, 6.45) is 6.30. The number of likely N-dealkylation sites (tertiary alicyclic amines) is 1. The molecule has 3 aliphatic rings. The molecule has 3 aliphatic heterocycles. The Morgan fingerprint density at radius 3 is 2.40 bits per heavy atom. The SMILES string of the molecule is O=C(/C=C/c1ccc2c(c1)OCCCO2)N1CCCC1c1ccc2c(c1)OCCO2. The lowest BCUT2D eigenvalue weighted by atomic mass is 10.0. The first-order valence-electron chi connectivity index (χ1n) is 10.6.